The average Bonchev–Trinajstić information content (AvgIpc) is 2.49. The number of benzene rings is 2. The molecule has 100 valence electrons. The molecule has 0 bridgehead atoms. The normalized spacial score (nSPS) is 11.4. The van der Waals surface area contributed by atoms with Crippen LogP contribution in [0.2, 0.25) is 0 Å². The standard InChI is InChI=1S/C17H16N2O/c1-2-13-8-10-15(11-9-13)19-17(20)16(18)12-14-6-4-3-5-7-14/h1,3-11,16H,12,18H2,(H,19,20)/t16-/m0/s1. The predicted octanol–water partition coefficient (Wildman–Crippen LogP) is 2.18. The van der Waals surface area contributed by atoms with Crippen LogP contribution in [-0.4, -0.2) is 11.9 Å². The van der Waals surface area contributed by atoms with Gasteiger partial charge in [0.05, 0.1) is 6.04 Å². The molecular formula is C17H16N2O. The molecule has 3 N–H and O–H groups in total. The Labute approximate surface area is 118 Å². The van der Waals surface area contributed by atoms with Crippen LogP contribution in [0.4, 0.5) is 5.69 Å². The number of rotatable bonds is 4. The number of terminal acetylenes is 1. The smallest absolute Gasteiger partial charge is 0.241 e. The summed E-state index contributed by atoms with van der Waals surface area (Å²) in [6, 6.07) is 16.2. The van der Waals surface area contributed by atoms with Gasteiger partial charge in [-0.3, -0.25) is 4.79 Å². The van der Waals surface area contributed by atoms with E-state index in [-0.39, 0.29) is 5.91 Å². The monoisotopic (exact) mass is 264 g/mol. The van der Waals surface area contributed by atoms with Crippen molar-refractivity contribution >= 4 is 11.6 Å². The lowest BCUT2D eigenvalue weighted by atomic mass is 10.1. The maximum Gasteiger partial charge on any atom is 0.241 e. The van der Waals surface area contributed by atoms with Gasteiger partial charge >= 0.3 is 0 Å². The Kier molecular flexibility index (Phi) is 4.54. The number of hydrogen-bond acceptors (Lipinski definition) is 2. The first-order chi connectivity index (χ1) is 9.69. The fourth-order valence-electron chi connectivity index (χ4n) is 1.85. The Morgan fingerprint density at radius 2 is 1.80 bits per heavy atom. The molecule has 0 unspecified atom stereocenters. The van der Waals surface area contributed by atoms with E-state index in [1.165, 1.54) is 0 Å². The van der Waals surface area contributed by atoms with Crippen molar-refractivity contribution in [2.45, 2.75) is 12.5 Å². The molecular weight excluding hydrogens is 248 g/mol. The Bertz CT molecular complexity index is 612. The molecule has 2 rings (SSSR count). The lowest BCUT2D eigenvalue weighted by Gasteiger charge is -2.12. The largest absolute Gasteiger partial charge is 0.325 e. The van der Waals surface area contributed by atoms with Gasteiger partial charge in [0.1, 0.15) is 0 Å². The van der Waals surface area contributed by atoms with Gasteiger partial charge in [0, 0.05) is 11.3 Å². The molecule has 3 heteroatoms. The minimum Gasteiger partial charge on any atom is -0.325 e. The average molecular weight is 264 g/mol. The van der Waals surface area contributed by atoms with Crippen molar-refractivity contribution in [1.82, 2.24) is 0 Å². The van der Waals surface area contributed by atoms with Crippen molar-refractivity contribution in [2.24, 2.45) is 5.73 Å². The van der Waals surface area contributed by atoms with Crippen molar-refractivity contribution < 1.29 is 4.79 Å². The molecule has 0 spiro atoms. The van der Waals surface area contributed by atoms with Gasteiger partial charge in [-0.15, -0.1) is 6.42 Å². The van der Waals surface area contributed by atoms with Crippen LogP contribution in [0.15, 0.2) is 54.6 Å². The number of carbonyl (C=O) groups is 1. The number of carbonyl (C=O) groups excluding carboxylic acids is 1. The van der Waals surface area contributed by atoms with Crippen molar-refractivity contribution in [2.75, 3.05) is 5.32 Å². The van der Waals surface area contributed by atoms with E-state index in [0.29, 0.717) is 12.1 Å². The lowest BCUT2D eigenvalue weighted by Crippen LogP contribution is -2.37. The second-order valence-corrected chi connectivity index (χ2v) is 4.51. The maximum absolute atomic E-state index is 12.0. The lowest BCUT2D eigenvalue weighted by molar-refractivity contribution is -0.117. The van der Waals surface area contributed by atoms with E-state index >= 15 is 0 Å². The third-order valence-corrected chi connectivity index (χ3v) is 2.95. The summed E-state index contributed by atoms with van der Waals surface area (Å²) in [5.41, 5.74) is 8.42. The van der Waals surface area contributed by atoms with Crippen LogP contribution in [-0.2, 0) is 11.2 Å². The molecule has 0 aliphatic rings. The summed E-state index contributed by atoms with van der Waals surface area (Å²) < 4.78 is 0. The molecule has 1 atom stereocenters. The highest BCUT2D eigenvalue weighted by Crippen LogP contribution is 2.10. The zero-order chi connectivity index (χ0) is 14.4. The van der Waals surface area contributed by atoms with Crippen LogP contribution in [0.1, 0.15) is 11.1 Å². The topological polar surface area (TPSA) is 55.1 Å². The van der Waals surface area contributed by atoms with Gasteiger partial charge in [-0.2, -0.15) is 0 Å². The highest BCUT2D eigenvalue weighted by atomic mass is 16.2. The molecule has 3 nitrogen and oxygen atoms in total. The molecule has 0 aliphatic carbocycles. The van der Waals surface area contributed by atoms with E-state index in [0.717, 1.165) is 11.1 Å². The summed E-state index contributed by atoms with van der Waals surface area (Å²) in [6.07, 6.45) is 5.79. The number of anilines is 1. The minimum atomic E-state index is -0.579. The molecule has 1 amide bonds. The van der Waals surface area contributed by atoms with Gasteiger partial charge in [-0.25, -0.2) is 0 Å². The fourth-order valence-corrected chi connectivity index (χ4v) is 1.85. The Hall–Kier alpha value is -2.57. The summed E-state index contributed by atoms with van der Waals surface area (Å²) >= 11 is 0. The van der Waals surface area contributed by atoms with Gasteiger partial charge in [-0.05, 0) is 36.2 Å². The highest BCUT2D eigenvalue weighted by molar-refractivity contribution is 5.94. The van der Waals surface area contributed by atoms with E-state index in [1.54, 1.807) is 24.3 Å². The van der Waals surface area contributed by atoms with E-state index in [2.05, 4.69) is 11.2 Å². The molecule has 0 aliphatic heterocycles. The molecule has 2 aromatic rings. The molecule has 20 heavy (non-hydrogen) atoms. The molecule has 0 aromatic heterocycles. The van der Waals surface area contributed by atoms with Crippen molar-refractivity contribution in [1.29, 1.82) is 0 Å². The van der Waals surface area contributed by atoms with E-state index in [9.17, 15) is 4.79 Å². The number of nitrogens with one attached hydrogen (secondary N) is 1. The van der Waals surface area contributed by atoms with Gasteiger partial charge in [0.15, 0.2) is 0 Å². The highest BCUT2D eigenvalue weighted by Gasteiger charge is 2.13. The van der Waals surface area contributed by atoms with Crippen LogP contribution < -0.4 is 11.1 Å². The number of amides is 1. The molecule has 0 fully saturated rings. The molecule has 0 saturated carbocycles. The first-order valence-corrected chi connectivity index (χ1v) is 6.36. The molecule has 0 heterocycles. The third-order valence-electron chi connectivity index (χ3n) is 2.95. The van der Waals surface area contributed by atoms with E-state index in [1.807, 2.05) is 30.3 Å². The van der Waals surface area contributed by atoms with Crippen LogP contribution in [0.25, 0.3) is 0 Å². The van der Waals surface area contributed by atoms with Crippen LogP contribution in [0, 0.1) is 12.3 Å². The first kappa shape index (κ1) is 13.9. The van der Waals surface area contributed by atoms with Crippen molar-refractivity contribution in [3.8, 4) is 12.3 Å². The van der Waals surface area contributed by atoms with Crippen LogP contribution in [0.5, 0.6) is 0 Å². The molecule has 0 saturated heterocycles. The minimum absolute atomic E-state index is 0.206. The van der Waals surface area contributed by atoms with Crippen molar-refractivity contribution in [3.63, 3.8) is 0 Å². The molecule has 2 aromatic carbocycles. The summed E-state index contributed by atoms with van der Waals surface area (Å²) in [5.74, 6) is 2.32. The van der Waals surface area contributed by atoms with Gasteiger partial charge in [0.2, 0.25) is 5.91 Å². The zero-order valence-electron chi connectivity index (χ0n) is 11.0. The zero-order valence-corrected chi connectivity index (χ0v) is 11.0. The summed E-state index contributed by atoms with van der Waals surface area (Å²) in [4.78, 5) is 12.0. The number of hydrogen-bond donors (Lipinski definition) is 2. The maximum atomic E-state index is 12.0. The first-order valence-electron chi connectivity index (χ1n) is 6.36. The van der Waals surface area contributed by atoms with E-state index in [4.69, 9.17) is 12.2 Å². The Morgan fingerprint density at radius 3 is 2.40 bits per heavy atom. The predicted molar refractivity (Wildman–Crippen MR) is 81.1 cm³/mol. The Balaban J connectivity index is 1.95. The molecule has 0 radical (unpaired) electrons. The number of nitrogens with two attached hydrogens (primary N) is 1. The van der Waals surface area contributed by atoms with Crippen molar-refractivity contribution in [3.05, 3.63) is 65.7 Å². The van der Waals surface area contributed by atoms with Gasteiger partial charge < -0.3 is 11.1 Å². The van der Waals surface area contributed by atoms with Crippen LogP contribution in [0.3, 0.4) is 0 Å². The second-order valence-electron chi connectivity index (χ2n) is 4.51. The Morgan fingerprint density at radius 1 is 1.15 bits per heavy atom. The SMILES string of the molecule is C#Cc1ccc(NC(=O)[C@@H](N)Cc2ccccc2)cc1. The fraction of sp³-hybridized carbons (Fsp3) is 0.118. The van der Waals surface area contributed by atoms with Crippen LogP contribution >= 0.6 is 0 Å². The van der Waals surface area contributed by atoms with Gasteiger partial charge in [-0.1, -0.05) is 36.3 Å². The second kappa shape index (κ2) is 6.55. The van der Waals surface area contributed by atoms with E-state index < -0.39 is 6.04 Å². The quantitative estimate of drug-likeness (QED) is 0.832. The summed E-state index contributed by atoms with van der Waals surface area (Å²) in [6.45, 7) is 0. The summed E-state index contributed by atoms with van der Waals surface area (Å²) in [7, 11) is 0. The van der Waals surface area contributed by atoms with Gasteiger partial charge in [0.25, 0.3) is 0 Å². The third kappa shape index (κ3) is 3.71. The summed E-state index contributed by atoms with van der Waals surface area (Å²) in [5, 5.41) is 2.78.